The molecule has 8 atom stereocenters. The summed E-state index contributed by atoms with van der Waals surface area (Å²) < 4.78 is 6.56. The molecule has 0 aromatic carbocycles. The van der Waals surface area contributed by atoms with E-state index in [-0.39, 0.29) is 0 Å². The third kappa shape index (κ3) is 10.8. The van der Waals surface area contributed by atoms with E-state index < -0.39 is 0 Å². The normalized spacial score (nSPS) is 33.0. The van der Waals surface area contributed by atoms with Crippen molar-refractivity contribution < 1.29 is 4.74 Å². The van der Waals surface area contributed by atoms with Crippen molar-refractivity contribution in [3.8, 4) is 0 Å². The highest BCUT2D eigenvalue weighted by Crippen LogP contribution is 2.67. The molecule has 8 unspecified atom stereocenters. The third-order valence-electron chi connectivity index (χ3n) is 14.4. The highest BCUT2D eigenvalue weighted by Gasteiger charge is 2.59. The van der Waals surface area contributed by atoms with Crippen LogP contribution in [0.25, 0.3) is 0 Å². The van der Waals surface area contributed by atoms with Crippen molar-refractivity contribution in [3.05, 3.63) is 11.6 Å². The van der Waals surface area contributed by atoms with Crippen LogP contribution in [-0.2, 0) is 4.74 Å². The van der Waals surface area contributed by atoms with Crippen molar-refractivity contribution in [1.82, 2.24) is 0 Å². The summed E-state index contributed by atoms with van der Waals surface area (Å²) >= 11 is 2.00. The SMILES string of the molecule is CSCCCCCCCCCCCCCCCCOC1CCC2(C)C(=CCC3C2CCC2(C)C(C(C)CCCC(C)C)CCC32)C1. The van der Waals surface area contributed by atoms with Crippen LogP contribution in [0.4, 0.5) is 0 Å². The maximum atomic E-state index is 6.56. The molecule has 4 aliphatic rings. The molecule has 3 fully saturated rings. The van der Waals surface area contributed by atoms with E-state index in [1.807, 2.05) is 11.8 Å². The van der Waals surface area contributed by atoms with E-state index in [9.17, 15) is 0 Å². The molecule has 0 aliphatic heterocycles. The van der Waals surface area contributed by atoms with Gasteiger partial charge in [-0.2, -0.15) is 11.8 Å². The van der Waals surface area contributed by atoms with Crippen molar-refractivity contribution in [3.63, 3.8) is 0 Å². The first-order valence-corrected chi connectivity index (χ1v) is 22.5. The van der Waals surface area contributed by atoms with Gasteiger partial charge in [0.15, 0.2) is 0 Å². The lowest BCUT2D eigenvalue weighted by molar-refractivity contribution is -0.0641. The number of unbranched alkanes of at least 4 members (excludes halogenated alkanes) is 13. The number of ether oxygens (including phenoxy) is 1. The molecule has 0 aromatic rings. The maximum absolute atomic E-state index is 6.56. The zero-order valence-corrected chi connectivity index (χ0v) is 32.8. The molecular formula is C44H80OS. The lowest BCUT2D eigenvalue weighted by Gasteiger charge is -2.58. The Hall–Kier alpha value is 0.0500. The maximum Gasteiger partial charge on any atom is 0.0612 e. The third-order valence-corrected chi connectivity index (χ3v) is 15.1. The Bertz CT molecular complexity index is 864. The molecule has 0 amide bonds. The number of hydrogen-bond acceptors (Lipinski definition) is 2. The molecule has 0 heterocycles. The van der Waals surface area contributed by atoms with Gasteiger partial charge in [-0.3, -0.25) is 0 Å². The minimum absolute atomic E-state index is 0.457. The van der Waals surface area contributed by atoms with Gasteiger partial charge in [-0.1, -0.05) is 143 Å². The van der Waals surface area contributed by atoms with E-state index in [2.05, 4.69) is 47.0 Å². The summed E-state index contributed by atoms with van der Waals surface area (Å²) in [6.45, 7) is 13.8. The van der Waals surface area contributed by atoms with Gasteiger partial charge >= 0.3 is 0 Å². The lowest BCUT2D eigenvalue weighted by atomic mass is 9.47. The largest absolute Gasteiger partial charge is 0.378 e. The second-order valence-electron chi connectivity index (χ2n) is 18.0. The molecular weight excluding hydrogens is 577 g/mol. The number of allylic oxidation sites excluding steroid dienone is 1. The van der Waals surface area contributed by atoms with E-state index >= 15 is 0 Å². The van der Waals surface area contributed by atoms with Gasteiger partial charge < -0.3 is 4.74 Å². The number of rotatable bonds is 23. The summed E-state index contributed by atoms with van der Waals surface area (Å²) in [6, 6.07) is 0. The van der Waals surface area contributed by atoms with Crippen molar-refractivity contribution in [2.24, 2.45) is 46.3 Å². The average molecular weight is 657 g/mol. The number of fused-ring (bicyclic) bond motifs is 5. The summed E-state index contributed by atoms with van der Waals surface area (Å²) in [5.74, 6) is 6.95. The molecule has 268 valence electrons. The van der Waals surface area contributed by atoms with Crippen molar-refractivity contribution in [1.29, 1.82) is 0 Å². The van der Waals surface area contributed by atoms with Gasteiger partial charge in [0, 0.05) is 6.61 Å². The number of hydrogen-bond donors (Lipinski definition) is 0. The molecule has 3 saturated carbocycles. The summed E-state index contributed by atoms with van der Waals surface area (Å²) in [5.41, 5.74) is 2.86. The van der Waals surface area contributed by atoms with Crippen LogP contribution in [0.2, 0.25) is 0 Å². The first-order valence-electron chi connectivity index (χ1n) is 21.1. The lowest BCUT2D eigenvalue weighted by Crippen LogP contribution is -2.51. The Morgan fingerprint density at radius 3 is 1.98 bits per heavy atom. The van der Waals surface area contributed by atoms with Crippen LogP contribution in [0.15, 0.2) is 11.6 Å². The molecule has 4 aliphatic carbocycles. The van der Waals surface area contributed by atoms with Crippen molar-refractivity contribution >= 4 is 11.8 Å². The van der Waals surface area contributed by atoms with Gasteiger partial charge in [-0.05, 0) is 123 Å². The van der Waals surface area contributed by atoms with Crippen molar-refractivity contribution in [2.75, 3.05) is 18.6 Å². The Balaban J connectivity index is 1.07. The molecule has 0 saturated heterocycles. The van der Waals surface area contributed by atoms with Crippen LogP contribution < -0.4 is 0 Å². The first kappa shape index (κ1) is 38.8. The van der Waals surface area contributed by atoms with E-state index in [1.165, 1.54) is 166 Å². The smallest absolute Gasteiger partial charge is 0.0612 e. The van der Waals surface area contributed by atoms with E-state index in [4.69, 9.17) is 4.74 Å². The van der Waals surface area contributed by atoms with E-state index in [0.29, 0.717) is 16.9 Å². The van der Waals surface area contributed by atoms with Gasteiger partial charge in [0.2, 0.25) is 0 Å². The molecule has 0 spiro atoms. The Morgan fingerprint density at radius 2 is 1.35 bits per heavy atom. The zero-order chi connectivity index (χ0) is 32.8. The van der Waals surface area contributed by atoms with Crippen LogP contribution in [0.5, 0.6) is 0 Å². The quantitative estimate of drug-likeness (QED) is 0.0799. The summed E-state index contributed by atoms with van der Waals surface area (Å²) in [5, 5.41) is 0. The standard InChI is InChI=1S/C44H80OS/c1-35(2)22-21-23-36(3)40-26-27-41-39-25-24-37-34-38(28-30-43(37,4)42(39)29-31-44(40,41)5)45-32-19-17-15-13-11-9-7-8-10-12-14-16-18-20-33-46-6/h24,35-36,38-42H,7-23,25-34H2,1-6H3. The topological polar surface area (TPSA) is 9.23 Å². The minimum Gasteiger partial charge on any atom is -0.378 e. The molecule has 4 rings (SSSR count). The first-order chi connectivity index (χ1) is 22.3. The summed E-state index contributed by atoms with van der Waals surface area (Å²) in [6.07, 6.45) is 41.1. The van der Waals surface area contributed by atoms with E-state index in [1.54, 1.807) is 5.57 Å². The minimum atomic E-state index is 0.457. The molecule has 0 N–H and O–H groups in total. The second kappa shape index (κ2) is 20.0. The predicted molar refractivity (Wildman–Crippen MR) is 206 cm³/mol. The van der Waals surface area contributed by atoms with Crippen LogP contribution in [0.3, 0.4) is 0 Å². The molecule has 2 heteroatoms. The second-order valence-corrected chi connectivity index (χ2v) is 19.0. The molecule has 0 bridgehead atoms. The molecule has 1 nitrogen and oxygen atoms in total. The highest BCUT2D eigenvalue weighted by atomic mass is 32.2. The van der Waals surface area contributed by atoms with Crippen LogP contribution in [0, 0.1) is 46.3 Å². The molecule has 46 heavy (non-hydrogen) atoms. The summed E-state index contributed by atoms with van der Waals surface area (Å²) in [4.78, 5) is 0. The number of thioether (sulfide) groups is 1. The van der Waals surface area contributed by atoms with Crippen LogP contribution in [-0.4, -0.2) is 24.7 Å². The Morgan fingerprint density at radius 1 is 0.717 bits per heavy atom. The van der Waals surface area contributed by atoms with Gasteiger partial charge in [-0.25, -0.2) is 0 Å². The monoisotopic (exact) mass is 657 g/mol. The van der Waals surface area contributed by atoms with Gasteiger partial charge in [-0.15, -0.1) is 0 Å². The molecule has 0 radical (unpaired) electrons. The van der Waals surface area contributed by atoms with Gasteiger partial charge in [0.25, 0.3) is 0 Å². The van der Waals surface area contributed by atoms with Gasteiger partial charge in [0.1, 0.15) is 0 Å². The predicted octanol–water partition coefficient (Wildman–Crippen LogP) is 14.2. The highest BCUT2D eigenvalue weighted by molar-refractivity contribution is 7.98. The fourth-order valence-electron chi connectivity index (χ4n) is 11.5. The Kier molecular flexibility index (Phi) is 16.9. The van der Waals surface area contributed by atoms with E-state index in [0.717, 1.165) is 42.1 Å². The molecule has 0 aromatic heterocycles. The van der Waals surface area contributed by atoms with Crippen LogP contribution in [0.1, 0.15) is 195 Å². The van der Waals surface area contributed by atoms with Gasteiger partial charge in [0.05, 0.1) is 6.10 Å². The fourth-order valence-corrected chi connectivity index (χ4v) is 12.0. The average Bonchev–Trinajstić information content (AvgIpc) is 3.39. The zero-order valence-electron chi connectivity index (χ0n) is 32.0. The van der Waals surface area contributed by atoms with Crippen LogP contribution >= 0.6 is 11.8 Å². The fraction of sp³-hybridized carbons (Fsp3) is 0.955. The summed E-state index contributed by atoms with van der Waals surface area (Å²) in [7, 11) is 0. The van der Waals surface area contributed by atoms with Crippen molar-refractivity contribution in [2.45, 2.75) is 201 Å². The Labute approximate surface area is 293 Å².